The van der Waals surface area contributed by atoms with E-state index in [1.54, 1.807) is 6.07 Å². The van der Waals surface area contributed by atoms with E-state index in [0.717, 1.165) is 24.0 Å². The number of hydrogen-bond acceptors (Lipinski definition) is 2. The number of halogens is 1. The smallest absolute Gasteiger partial charge is 0.157 e. The fourth-order valence-electron chi connectivity index (χ4n) is 2.99. The van der Waals surface area contributed by atoms with Gasteiger partial charge in [-0.15, -0.1) is 0 Å². The summed E-state index contributed by atoms with van der Waals surface area (Å²) in [6, 6.07) is 11.6. The van der Waals surface area contributed by atoms with Crippen LogP contribution in [0.25, 0.3) is 0 Å². The van der Waals surface area contributed by atoms with Gasteiger partial charge in [0.25, 0.3) is 0 Å². The van der Waals surface area contributed by atoms with E-state index in [9.17, 15) is 14.6 Å². The van der Waals surface area contributed by atoms with Gasteiger partial charge in [-0.25, -0.2) is 4.39 Å². The molecular weight excluding hydrogens is 267 g/mol. The number of phenols is 2. The fraction of sp³-hybridized carbons (Fsp3) is 0.333. The molecule has 0 saturated carbocycles. The van der Waals surface area contributed by atoms with Gasteiger partial charge in [0.15, 0.2) is 11.5 Å². The maximum atomic E-state index is 13.1. The Bertz CT molecular complexity index is 593. The van der Waals surface area contributed by atoms with Crippen LogP contribution in [0.1, 0.15) is 49.7 Å². The standard InChI is InChI=1S/C18H21FO2/c1-3-15(12-5-8-14(19)9-6-12)16(4-2)13-7-10-17(20)18(21)11-13/h5-11,15-16,20-21H,3-4H2,1-2H3/t15-,16-/m0/s1. The summed E-state index contributed by atoms with van der Waals surface area (Å²) in [4.78, 5) is 0. The monoisotopic (exact) mass is 288 g/mol. The van der Waals surface area contributed by atoms with Crippen LogP contribution in [-0.2, 0) is 0 Å². The van der Waals surface area contributed by atoms with Crippen molar-refractivity contribution in [3.8, 4) is 11.5 Å². The molecule has 0 bridgehead atoms. The lowest BCUT2D eigenvalue weighted by molar-refractivity contribution is 0.401. The molecule has 0 saturated heterocycles. The van der Waals surface area contributed by atoms with Crippen molar-refractivity contribution >= 4 is 0 Å². The van der Waals surface area contributed by atoms with E-state index in [1.165, 1.54) is 18.2 Å². The van der Waals surface area contributed by atoms with Crippen LogP contribution < -0.4 is 0 Å². The third kappa shape index (κ3) is 3.35. The molecule has 2 nitrogen and oxygen atoms in total. The Morgan fingerprint density at radius 3 is 1.86 bits per heavy atom. The lowest BCUT2D eigenvalue weighted by Crippen LogP contribution is -2.10. The molecule has 0 fully saturated rings. The Labute approximate surface area is 124 Å². The highest BCUT2D eigenvalue weighted by molar-refractivity contribution is 5.42. The molecule has 0 radical (unpaired) electrons. The third-order valence-electron chi connectivity index (χ3n) is 4.09. The molecule has 3 heteroatoms. The second-order valence-electron chi connectivity index (χ2n) is 5.33. The van der Waals surface area contributed by atoms with Gasteiger partial charge in [-0.2, -0.15) is 0 Å². The molecule has 0 heterocycles. The number of aromatic hydroxyl groups is 2. The van der Waals surface area contributed by atoms with Crippen LogP contribution in [0, 0.1) is 5.82 Å². The van der Waals surface area contributed by atoms with Crippen LogP contribution in [0.5, 0.6) is 11.5 Å². The second kappa shape index (κ2) is 6.61. The molecule has 2 rings (SSSR count). The Morgan fingerprint density at radius 2 is 1.33 bits per heavy atom. The molecule has 2 atom stereocenters. The average Bonchev–Trinajstić information content (AvgIpc) is 2.49. The number of rotatable bonds is 5. The largest absolute Gasteiger partial charge is 0.504 e. The van der Waals surface area contributed by atoms with Crippen molar-refractivity contribution in [2.24, 2.45) is 0 Å². The number of hydrogen-bond donors (Lipinski definition) is 2. The van der Waals surface area contributed by atoms with E-state index in [0.29, 0.717) is 0 Å². The fourth-order valence-corrected chi connectivity index (χ4v) is 2.99. The van der Waals surface area contributed by atoms with Gasteiger partial charge in [-0.1, -0.05) is 32.0 Å². The van der Waals surface area contributed by atoms with Crippen molar-refractivity contribution < 1.29 is 14.6 Å². The van der Waals surface area contributed by atoms with E-state index >= 15 is 0 Å². The van der Waals surface area contributed by atoms with Crippen molar-refractivity contribution in [3.63, 3.8) is 0 Å². The van der Waals surface area contributed by atoms with Gasteiger partial charge in [0.2, 0.25) is 0 Å². The van der Waals surface area contributed by atoms with Crippen LogP contribution >= 0.6 is 0 Å². The van der Waals surface area contributed by atoms with E-state index in [4.69, 9.17) is 0 Å². The lowest BCUT2D eigenvalue weighted by Gasteiger charge is -2.26. The first-order valence-electron chi connectivity index (χ1n) is 7.34. The topological polar surface area (TPSA) is 40.5 Å². The summed E-state index contributed by atoms with van der Waals surface area (Å²) in [6.07, 6.45) is 1.83. The maximum absolute atomic E-state index is 13.1. The molecular formula is C18H21FO2. The minimum absolute atomic E-state index is 0.0973. The number of phenolic OH excluding ortho intramolecular Hbond substituents is 2. The first-order valence-corrected chi connectivity index (χ1v) is 7.34. The third-order valence-corrected chi connectivity index (χ3v) is 4.09. The summed E-state index contributed by atoms with van der Waals surface area (Å²) >= 11 is 0. The van der Waals surface area contributed by atoms with E-state index in [1.807, 2.05) is 18.2 Å². The van der Waals surface area contributed by atoms with E-state index in [2.05, 4.69) is 13.8 Å². The van der Waals surface area contributed by atoms with Gasteiger partial charge in [-0.3, -0.25) is 0 Å². The molecule has 112 valence electrons. The van der Waals surface area contributed by atoms with Crippen LogP contribution in [0.2, 0.25) is 0 Å². The molecule has 21 heavy (non-hydrogen) atoms. The van der Waals surface area contributed by atoms with Crippen LogP contribution in [0.4, 0.5) is 4.39 Å². The van der Waals surface area contributed by atoms with Crippen LogP contribution in [0.15, 0.2) is 42.5 Å². The van der Waals surface area contributed by atoms with Gasteiger partial charge in [-0.05, 0) is 60.1 Å². The Morgan fingerprint density at radius 1 is 0.810 bits per heavy atom. The predicted octanol–water partition coefficient (Wildman–Crippen LogP) is 4.92. The Kier molecular flexibility index (Phi) is 4.84. The first kappa shape index (κ1) is 15.4. The van der Waals surface area contributed by atoms with Gasteiger partial charge in [0.1, 0.15) is 5.82 Å². The molecule has 0 unspecified atom stereocenters. The molecule has 0 aliphatic rings. The second-order valence-corrected chi connectivity index (χ2v) is 5.33. The SMILES string of the molecule is CC[C@@H](c1ccc(F)cc1)[C@@H](CC)c1ccc(O)c(O)c1. The molecule has 0 aliphatic heterocycles. The summed E-state index contributed by atoms with van der Waals surface area (Å²) in [6.45, 7) is 4.21. The quantitative estimate of drug-likeness (QED) is 0.766. The Hall–Kier alpha value is -2.03. The lowest BCUT2D eigenvalue weighted by atomic mass is 9.78. The molecule has 2 N–H and O–H groups in total. The van der Waals surface area contributed by atoms with Crippen molar-refractivity contribution in [2.75, 3.05) is 0 Å². The van der Waals surface area contributed by atoms with Crippen molar-refractivity contribution in [1.29, 1.82) is 0 Å². The average molecular weight is 288 g/mol. The van der Waals surface area contributed by atoms with E-state index < -0.39 is 0 Å². The van der Waals surface area contributed by atoms with Crippen molar-refractivity contribution in [3.05, 3.63) is 59.4 Å². The maximum Gasteiger partial charge on any atom is 0.157 e. The zero-order valence-corrected chi connectivity index (χ0v) is 12.4. The van der Waals surface area contributed by atoms with Gasteiger partial charge in [0.05, 0.1) is 0 Å². The predicted molar refractivity (Wildman–Crippen MR) is 82.2 cm³/mol. The van der Waals surface area contributed by atoms with Gasteiger partial charge < -0.3 is 10.2 Å². The van der Waals surface area contributed by atoms with Crippen molar-refractivity contribution in [2.45, 2.75) is 38.5 Å². The zero-order valence-electron chi connectivity index (χ0n) is 12.4. The minimum atomic E-state index is -0.232. The normalized spacial score (nSPS) is 13.9. The molecule has 2 aromatic carbocycles. The molecule has 0 spiro atoms. The summed E-state index contributed by atoms with van der Waals surface area (Å²) in [5, 5.41) is 19.2. The summed E-state index contributed by atoms with van der Waals surface area (Å²) in [5.41, 5.74) is 2.09. The number of benzene rings is 2. The van der Waals surface area contributed by atoms with E-state index in [-0.39, 0.29) is 29.2 Å². The summed E-state index contributed by atoms with van der Waals surface area (Å²) < 4.78 is 13.1. The van der Waals surface area contributed by atoms with Gasteiger partial charge >= 0.3 is 0 Å². The molecule has 0 aromatic heterocycles. The Balaban J connectivity index is 2.36. The van der Waals surface area contributed by atoms with Crippen molar-refractivity contribution in [1.82, 2.24) is 0 Å². The molecule has 2 aromatic rings. The first-order chi connectivity index (χ1) is 10.1. The highest BCUT2D eigenvalue weighted by Crippen LogP contribution is 2.40. The summed E-state index contributed by atoms with van der Waals surface area (Å²) in [7, 11) is 0. The van der Waals surface area contributed by atoms with Crippen LogP contribution in [-0.4, -0.2) is 10.2 Å². The molecule has 0 aliphatic carbocycles. The molecule has 0 amide bonds. The van der Waals surface area contributed by atoms with Gasteiger partial charge in [0, 0.05) is 0 Å². The zero-order chi connectivity index (χ0) is 15.4. The summed E-state index contributed by atoms with van der Waals surface area (Å²) in [5.74, 6) is 0.0266. The minimum Gasteiger partial charge on any atom is -0.504 e. The highest BCUT2D eigenvalue weighted by Gasteiger charge is 2.22. The highest BCUT2D eigenvalue weighted by atomic mass is 19.1. The van der Waals surface area contributed by atoms with Crippen LogP contribution in [0.3, 0.4) is 0 Å².